The summed E-state index contributed by atoms with van der Waals surface area (Å²) in [5, 5.41) is 1.10. The van der Waals surface area contributed by atoms with Crippen LogP contribution in [0.5, 0.6) is 11.5 Å². The van der Waals surface area contributed by atoms with Crippen LogP contribution >= 0.6 is 23.2 Å². The quantitative estimate of drug-likeness (QED) is 0.473. The fraction of sp³-hybridized carbons (Fsp3) is 0.385. The zero-order chi connectivity index (χ0) is 13.8. The normalized spacial score (nSPS) is 10.7. The van der Waals surface area contributed by atoms with Crippen LogP contribution in [0.3, 0.4) is 0 Å². The maximum atomic E-state index is 6.04. The zero-order valence-electron chi connectivity index (χ0n) is 10.7. The monoisotopic (exact) mass is 300 g/mol. The van der Waals surface area contributed by atoms with E-state index in [2.05, 4.69) is 16.9 Å². The smallest absolute Gasteiger partial charge is 0.224 e. The van der Waals surface area contributed by atoms with Gasteiger partial charge < -0.3 is 9.47 Å². The zero-order valence-corrected chi connectivity index (χ0v) is 12.3. The molecule has 0 fully saturated rings. The van der Waals surface area contributed by atoms with E-state index in [1.54, 1.807) is 19.2 Å². The van der Waals surface area contributed by atoms with Crippen LogP contribution in [-0.4, -0.2) is 23.7 Å². The van der Waals surface area contributed by atoms with Crippen molar-refractivity contribution >= 4 is 34.1 Å². The van der Waals surface area contributed by atoms with Gasteiger partial charge in [0.05, 0.1) is 19.2 Å². The number of aromatic nitrogens is 2. The van der Waals surface area contributed by atoms with Gasteiger partial charge in [-0.05, 0) is 24.1 Å². The van der Waals surface area contributed by atoms with Crippen LogP contribution in [0.4, 0.5) is 0 Å². The maximum Gasteiger partial charge on any atom is 0.224 e. The molecule has 0 amide bonds. The lowest BCUT2D eigenvalue weighted by molar-refractivity contribution is 0.289. The number of ether oxygens (including phenoxy) is 2. The number of hydrogen-bond acceptors (Lipinski definition) is 4. The van der Waals surface area contributed by atoms with Gasteiger partial charge in [-0.25, -0.2) is 9.97 Å². The van der Waals surface area contributed by atoms with Crippen LogP contribution in [0.15, 0.2) is 12.1 Å². The Hall–Kier alpha value is -1.26. The van der Waals surface area contributed by atoms with Gasteiger partial charge in [0.2, 0.25) is 5.28 Å². The van der Waals surface area contributed by atoms with Crippen molar-refractivity contribution in [2.75, 3.05) is 13.7 Å². The molecule has 0 saturated heterocycles. The van der Waals surface area contributed by atoms with E-state index in [0.717, 1.165) is 12.8 Å². The second-order valence-corrected chi connectivity index (χ2v) is 4.70. The molecule has 0 aliphatic heterocycles. The predicted octanol–water partition coefficient (Wildman–Crippen LogP) is 4.12. The standard InChI is InChI=1S/C13H14Cl2N2O2/c1-3-4-5-19-11-7-9-8(6-10(11)18-2)12(14)17-13(15)16-9/h6-7H,3-5H2,1-2H3. The first-order valence-corrected chi connectivity index (χ1v) is 6.75. The molecule has 2 rings (SSSR count). The van der Waals surface area contributed by atoms with Gasteiger partial charge in [0.1, 0.15) is 5.15 Å². The van der Waals surface area contributed by atoms with Crippen molar-refractivity contribution in [3.63, 3.8) is 0 Å². The van der Waals surface area contributed by atoms with Crippen molar-refractivity contribution < 1.29 is 9.47 Å². The molecule has 1 heterocycles. The molecule has 0 spiro atoms. The number of halogens is 2. The van der Waals surface area contributed by atoms with Crippen LogP contribution in [-0.2, 0) is 0 Å². The van der Waals surface area contributed by atoms with Gasteiger partial charge in [-0.3, -0.25) is 0 Å². The molecular formula is C13H14Cl2N2O2. The maximum absolute atomic E-state index is 6.04. The Morgan fingerprint density at radius 1 is 1.16 bits per heavy atom. The van der Waals surface area contributed by atoms with Crippen molar-refractivity contribution in [2.24, 2.45) is 0 Å². The Morgan fingerprint density at radius 3 is 2.63 bits per heavy atom. The molecule has 1 aromatic carbocycles. The van der Waals surface area contributed by atoms with E-state index in [1.807, 2.05) is 0 Å². The molecule has 1 aromatic heterocycles. The van der Waals surface area contributed by atoms with Crippen LogP contribution in [0.1, 0.15) is 19.8 Å². The molecule has 6 heteroatoms. The Bertz CT molecular complexity index is 590. The summed E-state index contributed by atoms with van der Waals surface area (Å²) in [4.78, 5) is 8.04. The topological polar surface area (TPSA) is 44.2 Å². The van der Waals surface area contributed by atoms with Crippen molar-refractivity contribution in [3.05, 3.63) is 22.6 Å². The highest BCUT2D eigenvalue weighted by Gasteiger charge is 2.12. The molecule has 102 valence electrons. The van der Waals surface area contributed by atoms with E-state index in [4.69, 9.17) is 32.7 Å². The van der Waals surface area contributed by atoms with Gasteiger partial charge in [0, 0.05) is 11.5 Å². The fourth-order valence-corrected chi connectivity index (χ4v) is 2.12. The van der Waals surface area contributed by atoms with Crippen molar-refractivity contribution in [1.82, 2.24) is 9.97 Å². The molecular weight excluding hydrogens is 287 g/mol. The molecule has 4 nitrogen and oxygen atoms in total. The van der Waals surface area contributed by atoms with Gasteiger partial charge in [-0.2, -0.15) is 0 Å². The second kappa shape index (κ2) is 6.26. The van der Waals surface area contributed by atoms with E-state index in [1.165, 1.54) is 0 Å². The Morgan fingerprint density at radius 2 is 1.95 bits per heavy atom. The largest absolute Gasteiger partial charge is 0.493 e. The van der Waals surface area contributed by atoms with Crippen molar-refractivity contribution in [1.29, 1.82) is 0 Å². The highest BCUT2D eigenvalue weighted by molar-refractivity contribution is 6.35. The molecule has 19 heavy (non-hydrogen) atoms. The van der Waals surface area contributed by atoms with Gasteiger partial charge in [-0.1, -0.05) is 24.9 Å². The molecule has 0 bridgehead atoms. The highest BCUT2D eigenvalue weighted by atomic mass is 35.5. The lowest BCUT2D eigenvalue weighted by Crippen LogP contribution is -1.99. The minimum Gasteiger partial charge on any atom is -0.493 e. The molecule has 0 aliphatic carbocycles. The van der Waals surface area contributed by atoms with Gasteiger partial charge >= 0.3 is 0 Å². The number of rotatable bonds is 5. The summed E-state index contributed by atoms with van der Waals surface area (Å²) in [6.45, 7) is 2.73. The third-order valence-corrected chi connectivity index (χ3v) is 3.12. The van der Waals surface area contributed by atoms with E-state index in [9.17, 15) is 0 Å². The molecule has 0 unspecified atom stereocenters. The summed E-state index contributed by atoms with van der Waals surface area (Å²) in [7, 11) is 1.58. The predicted molar refractivity (Wildman–Crippen MR) is 76.5 cm³/mol. The Kier molecular flexibility index (Phi) is 4.66. The van der Waals surface area contributed by atoms with Gasteiger partial charge in [0.25, 0.3) is 0 Å². The van der Waals surface area contributed by atoms with Crippen LogP contribution in [0, 0.1) is 0 Å². The summed E-state index contributed by atoms with van der Waals surface area (Å²) in [5.74, 6) is 1.24. The molecule has 0 radical (unpaired) electrons. The van der Waals surface area contributed by atoms with E-state index >= 15 is 0 Å². The Balaban J connectivity index is 2.45. The number of unbranched alkanes of at least 4 members (excludes halogenated alkanes) is 1. The summed E-state index contributed by atoms with van der Waals surface area (Å²) in [6.07, 6.45) is 2.04. The third-order valence-electron chi connectivity index (χ3n) is 2.66. The first-order chi connectivity index (χ1) is 9.15. The molecule has 2 aromatic rings. The fourth-order valence-electron chi connectivity index (χ4n) is 1.67. The van der Waals surface area contributed by atoms with Crippen LogP contribution < -0.4 is 9.47 Å². The minimum atomic E-state index is 0.113. The number of benzene rings is 1. The highest BCUT2D eigenvalue weighted by Crippen LogP contribution is 2.34. The average Bonchev–Trinajstić information content (AvgIpc) is 2.38. The average molecular weight is 301 g/mol. The summed E-state index contributed by atoms with van der Waals surface area (Å²) < 4.78 is 11.0. The number of fused-ring (bicyclic) bond motifs is 1. The molecule has 0 saturated carbocycles. The number of methoxy groups -OCH3 is 1. The second-order valence-electron chi connectivity index (χ2n) is 4.01. The SMILES string of the molecule is CCCCOc1cc2nc(Cl)nc(Cl)c2cc1OC. The van der Waals surface area contributed by atoms with Gasteiger partial charge in [0.15, 0.2) is 11.5 Å². The van der Waals surface area contributed by atoms with E-state index in [-0.39, 0.29) is 5.28 Å². The molecule has 0 atom stereocenters. The Labute approximate surface area is 121 Å². The summed E-state index contributed by atoms with van der Waals surface area (Å²) in [6, 6.07) is 3.53. The minimum absolute atomic E-state index is 0.113. The van der Waals surface area contributed by atoms with Gasteiger partial charge in [-0.15, -0.1) is 0 Å². The van der Waals surface area contributed by atoms with E-state index in [0.29, 0.717) is 34.2 Å². The molecule has 0 aliphatic rings. The van der Waals surface area contributed by atoms with Crippen molar-refractivity contribution in [2.45, 2.75) is 19.8 Å². The number of nitrogens with zero attached hydrogens (tertiary/aromatic N) is 2. The third kappa shape index (κ3) is 3.19. The lowest BCUT2D eigenvalue weighted by Gasteiger charge is -2.12. The van der Waals surface area contributed by atoms with Crippen LogP contribution in [0.25, 0.3) is 10.9 Å². The summed E-state index contributed by atoms with van der Waals surface area (Å²) in [5.41, 5.74) is 0.636. The first-order valence-electron chi connectivity index (χ1n) is 5.99. The number of hydrogen-bond donors (Lipinski definition) is 0. The summed E-state index contributed by atoms with van der Waals surface area (Å²) >= 11 is 11.8. The lowest BCUT2D eigenvalue weighted by atomic mass is 10.2. The first kappa shape index (κ1) is 14.2. The molecule has 0 N–H and O–H groups in total. The van der Waals surface area contributed by atoms with E-state index < -0.39 is 0 Å². The van der Waals surface area contributed by atoms with Crippen LogP contribution in [0.2, 0.25) is 10.4 Å². The van der Waals surface area contributed by atoms with Crippen molar-refractivity contribution in [3.8, 4) is 11.5 Å².